The number of nitrogens with zero attached hydrogens (tertiary/aromatic N) is 1. The van der Waals surface area contributed by atoms with E-state index < -0.39 is 0 Å². The molecule has 1 aliphatic rings. The van der Waals surface area contributed by atoms with Gasteiger partial charge in [-0.25, -0.2) is 0 Å². The zero-order valence-electron chi connectivity index (χ0n) is 16.2. The molecule has 0 spiro atoms. The van der Waals surface area contributed by atoms with Crippen LogP contribution in [0.15, 0.2) is 60.7 Å². The highest BCUT2D eigenvalue weighted by atomic mass is 127. The summed E-state index contributed by atoms with van der Waals surface area (Å²) in [4.78, 5) is 15.7. The predicted molar refractivity (Wildman–Crippen MR) is 132 cm³/mol. The fraction of sp³-hybridized carbons (Fsp3) is 0.174. The molecule has 2 unspecified atom stereocenters. The van der Waals surface area contributed by atoms with Crippen LogP contribution in [-0.4, -0.2) is 17.4 Å². The molecule has 0 radical (unpaired) electrons. The van der Waals surface area contributed by atoms with Crippen molar-refractivity contribution >= 4 is 63.1 Å². The molecule has 0 aliphatic carbocycles. The molecule has 1 aliphatic heterocycles. The average molecular weight is 552 g/mol. The van der Waals surface area contributed by atoms with Gasteiger partial charge in [0, 0.05) is 31.5 Å². The van der Waals surface area contributed by atoms with Gasteiger partial charge in [0.15, 0.2) is 0 Å². The van der Waals surface area contributed by atoms with E-state index in [0.29, 0.717) is 27.8 Å². The maximum absolute atomic E-state index is 13.8. The van der Waals surface area contributed by atoms with E-state index in [9.17, 15) is 4.79 Å². The standard InChI is InChI=1S/C23H20Cl2IN3O/c1-13(18-8-6-16(25)10-20(18)27)29-22(14-2-4-15(24)5-3-14)12-28-21-9-7-17(26)11-19(21)23(29)30/h2-11,13,22,28H,12,27H2,1H3. The Morgan fingerprint density at radius 2 is 1.77 bits per heavy atom. The van der Waals surface area contributed by atoms with Gasteiger partial charge in [0.1, 0.15) is 0 Å². The number of carbonyl (C=O) groups is 1. The van der Waals surface area contributed by atoms with Crippen LogP contribution in [0.5, 0.6) is 0 Å². The van der Waals surface area contributed by atoms with E-state index in [0.717, 1.165) is 20.4 Å². The summed E-state index contributed by atoms with van der Waals surface area (Å²) in [6.07, 6.45) is 0. The van der Waals surface area contributed by atoms with Crippen LogP contribution in [0.2, 0.25) is 10.0 Å². The van der Waals surface area contributed by atoms with E-state index in [1.54, 1.807) is 12.1 Å². The number of nitrogen functional groups attached to an aromatic ring is 1. The van der Waals surface area contributed by atoms with Crippen LogP contribution in [0.25, 0.3) is 0 Å². The van der Waals surface area contributed by atoms with Crippen LogP contribution in [0.4, 0.5) is 11.4 Å². The highest BCUT2D eigenvalue weighted by molar-refractivity contribution is 14.1. The second-order valence-electron chi connectivity index (χ2n) is 7.30. The van der Waals surface area contributed by atoms with E-state index in [1.807, 2.05) is 60.4 Å². The third kappa shape index (κ3) is 4.11. The first kappa shape index (κ1) is 21.3. The number of nitrogens with two attached hydrogens (primary N) is 1. The molecule has 3 aromatic carbocycles. The molecule has 30 heavy (non-hydrogen) atoms. The molecule has 7 heteroatoms. The molecule has 0 saturated carbocycles. The Labute approximate surface area is 199 Å². The van der Waals surface area contributed by atoms with Crippen LogP contribution >= 0.6 is 45.8 Å². The quantitative estimate of drug-likeness (QED) is 0.286. The maximum atomic E-state index is 13.8. The van der Waals surface area contributed by atoms with E-state index in [2.05, 4.69) is 27.9 Å². The molecule has 0 saturated heterocycles. The van der Waals surface area contributed by atoms with Gasteiger partial charge in [-0.1, -0.05) is 41.4 Å². The largest absolute Gasteiger partial charge is 0.398 e. The zero-order valence-corrected chi connectivity index (χ0v) is 19.9. The van der Waals surface area contributed by atoms with Crippen LogP contribution < -0.4 is 11.1 Å². The summed E-state index contributed by atoms with van der Waals surface area (Å²) in [6, 6.07) is 18.4. The van der Waals surface area contributed by atoms with Crippen LogP contribution in [0.3, 0.4) is 0 Å². The lowest BCUT2D eigenvalue weighted by Crippen LogP contribution is -2.38. The molecule has 2 atom stereocenters. The van der Waals surface area contributed by atoms with Crippen molar-refractivity contribution < 1.29 is 4.79 Å². The summed E-state index contributed by atoms with van der Waals surface area (Å²) in [7, 11) is 0. The van der Waals surface area contributed by atoms with Gasteiger partial charge in [-0.2, -0.15) is 0 Å². The number of fused-ring (bicyclic) bond motifs is 1. The Morgan fingerprint density at radius 1 is 1.07 bits per heavy atom. The van der Waals surface area contributed by atoms with Gasteiger partial charge in [-0.15, -0.1) is 0 Å². The third-order valence-electron chi connectivity index (χ3n) is 5.44. The van der Waals surface area contributed by atoms with Crippen molar-refractivity contribution in [2.75, 3.05) is 17.6 Å². The second kappa shape index (κ2) is 8.65. The van der Waals surface area contributed by atoms with Crippen molar-refractivity contribution in [1.82, 2.24) is 4.90 Å². The SMILES string of the molecule is CC(c1ccc(Cl)cc1N)N1C(=O)c2cc(I)ccc2NCC1c1ccc(Cl)cc1. The fourth-order valence-corrected chi connectivity index (χ4v) is 4.72. The topological polar surface area (TPSA) is 58.4 Å². The molecular formula is C23H20Cl2IN3O. The number of nitrogens with one attached hydrogen (secondary N) is 1. The summed E-state index contributed by atoms with van der Waals surface area (Å²) in [5.74, 6) is -0.0460. The lowest BCUT2D eigenvalue weighted by Gasteiger charge is -2.36. The minimum atomic E-state index is -0.263. The Kier molecular flexibility index (Phi) is 6.14. The highest BCUT2D eigenvalue weighted by Crippen LogP contribution is 2.39. The Balaban J connectivity index is 1.84. The first-order valence-corrected chi connectivity index (χ1v) is 11.3. The molecule has 4 nitrogen and oxygen atoms in total. The van der Waals surface area contributed by atoms with Gasteiger partial charge >= 0.3 is 0 Å². The average Bonchev–Trinajstić information content (AvgIpc) is 2.85. The first-order chi connectivity index (χ1) is 14.3. The molecular weight excluding hydrogens is 532 g/mol. The summed E-state index contributed by atoms with van der Waals surface area (Å²) < 4.78 is 1.00. The summed E-state index contributed by atoms with van der Waals surface area (Å²) in [5.41, 5.74) is 10.2. The fourth-order valence-electron chi connectivity index (χ4n) is 3.92. The third-order valence-corrected chi connectivity index (χ3v) is 6.60. The van der Waals surface area contributed by atoms with Crippen molar-refractivity contribution in [2.45, 2.75) is 19.0 Å². The second-order valence-corrected chi connectivity index (χ2v) is 9.42. The number of halogens is 3. The van der Waals surface area contributed by atoms with Crippen molar-refractivity contribution in [3.63, 3.8) is 0 Å². The molecule has 0 aromatic heterocycles. The smallest absolute Gasteiger partial charge is 0.257 e. The normalized spacial score (nSPS) is 17.1. The minimum Gasteiger partial charge on any atom is -0.398 e. The number of benzene rings is 3. The lowest BCUT2D eigenvalue weighted by atomic mass is 9.98. The van der Waals surface area contributed by atoms with Gasteiger partial charge in [0.05, 0.1) is 17.6 Å². The van der Waals surface area contributed by atoms with Gasteiger partial charge in [0.25, 0.3) is 5.91 Å². The monoisotopic (exact) mass is 551 g/mol. The Hall–Kier alpha value is -1.96. The van der Waals surface area contributed by atoms with Gasteiger partial charge in [0.2, 0.25) is 0 Å². The molecule has 0 bridgehead atoms. The Bertz CT molecular complexity index is 1100. The zero-order chi connectivity index (χ0) is 21.4. The van der Waals surface area contributed by atoms with E-state index in [-0.39, 0.29) is 18.0 Å². The van der Waals surface area contributed by atoms with E-state index >= 15 is 0 Å². The molecule has 1 amide bonds. The first-order valence-electron chi connectivity index (χ1n) is 9.51. The highest BCUT2D eigenvalue weighted by Gasteiger charge is 2.35. The molecule has 1 heterocycles. The van der Waals surface area contributed by atoms with Crippen molar-refractivity contribution in [3.05, 3.63) is 91.0 Å². The summed E-state index contributed by atoms with van der Waals surface area (Å²) in [5, 5.41) is 4.68. The molecule has 0 fully saturated rings. The Morgan fingerprint density at radius 3 is 2.47 bits per heavy atom. The molecule has 154 valence electrons. The number of hydrogen-bond acceptors (Lipinski definition) is 3. The molecule has 3 aromatic rings. The van der Waals surface area contributed by atoms with Crippen LogP contribution in [-0.2, 0) is 0 Å². The van der Waals surface area contributed by atoms with Gasteiger partial charge < -0.3 is 16.0 Å². The van der Waals surface area contributed by atoms with E-state index in [1.165, 1.54) is 0 Å². The number of anilines is 2. The van der Waals surface area contributed by atoms with Crippen LogP contribution in [0.1, 0.15) is 40.5 Å². The molecule has 4 rings (SSSR count). The van der Waals surface area contributed by atoms with Crippen LogP contribution in [0, 0.1) is 3.57 Å². The van der Waals surface area contributed by atoms with Crippen molar-refractivity contribution in [2.24, 2.45) is 0 Å². The maximum Gasteiger partial charge on any atom is 0.257 e. The van der Waals surface area contributed by atoms with Crippen molar-refractivity contribution in [3.8, 4) is 0 Å². The minimum absolute atomic E-state index is 0.0460. The molecule has 3 N–H and O–H groups in total. The summed E-state index contributed by atoms with van der Waals surface area (Å²) >= 11 is 14.4. The predicted octanol–water partition coefficient (Wildman–Crippen LogP) is 6.55. The van der Waals surface area contributed by atoms with E-state index in [4.69, 9.17) is 28.9 Å². The van der Waals surface area contributed by atoms with Crippen molar-refractivity contribution in [1.29, 1.82) is 0 Å². The number of carbonyl (C=O) groups excluding carboxylic acids is 1. The lowest BCUT2D eigenvalue weighted by molar-refractivity contribution is 0.0607. The summed E-state index contributed by atoms with van der Waals surface area (Å²) in [6.45, 7) is 2.57. The number of amides is 1. The van der Waals surface area contributed by atoms with Gasteiger partial charge in [-0.05, 0) is 83.1 Å². The number of rotatable bonds is 3. The van der Waals surface area contributed by atoms with Gasteiger partial charge in [-0.3, -0.25) is 4.79 Å². The number of hydrogen-bond donors (Lipinski definition) is 2.